The number of allylic oxidation sites excluding steroid dienone is 1. The third-order valence-electron chi connectivity index (χ3n) is 3.25. The number of hydrogen-bond donors (Lipinski definition) is 0. The standard InChI is InChI=1S/C18H11F3O3S/c19-18(20,21)25-16(11-24)17(14-5-1-12(9-22)2-6-14)15-7-3-13(10-23)4-8-15/h1-11H. The van der Waals surface area contributed by atoms with Gasteiger partial charge in [-0.05, 0) is 22.9 Å². The van der Waals surface area contributed by atoms with Crippen LogP contribution in [-0.2, 0) is 4.79 Å². The molecule has 7 heteroatoms. The van der Waals surface area contributed by atoms with Crippen LogP contribution in [0.4, 0.5) is 13.2 Å². The highest BCUT2D eigenvalue weighted by Crippen LogP contribution is 2.41. The number of halogens is 3. The van der Waals surface area contributed by atoms with Gasteiger partial charge in [0.05, 0.1) is 4.91 Å². The molecule has 2 rings (SSSR count). The van der Waals surface area contributed by atoms with Crippen LogP contribution in [-0.4, -0.2) is 24.4 Å². The Morgan fingerprint density at radius 2 is 1.16 bits per heavy atom. The third kappa shape index (κ3) is 4.90. The molecule has 0 saturated heterocycles. The Morgan fingerprint density at radius 3 is 1.44 bits per heavy atom. The summed E-state index contributed by atoms with van der Waals surface area (Å²) in [6.45, 7) is 0. The van der Waals surface area contributed by atoms with Crippen LogP contribution in [0.1, 0.15) is 31.8 Å². The molecule has 0 bridgehead atoms. The van der Waals surface area contributed by atoms with Gasteiger partial charge in [0.1, 0.15) is 12.6 Å². The van der Waals surface area contributed by atoms with Crippen LogP contribution < -0.4 is 0 Å². The quantitative estimate of drug-likeness (QED) is 0.558. The SMILES string of the molecule is O=CC(SC(F)(F)F)=C(c1ccc(C=O)cc1)c1ccc(C=O)cc1. The Morgan fingerprint density at radius 1 is 0.760 bits per heavy atom. The van der Waals surface area contributed by atoms with Crippen LogP contribution >= 0.6 is 11.8 Å². The summed E-state index contributed by atoms with van der Waals surface area (Å²) in [5, 5.41) is 0. The average Bonchev–Trinajstić information content (AvgIpc) is 2.61. The largest absolute Gasteiger partial charge is 0.446 e. The lowest BCUT2D eigenvalue weighted by molar-refractivity contribution is -0.104. The summed E-state index contributed by atoms with van der Waals surface area (Å²) in [6, 6.07) is 11.7. The number of carbonyl (C=O) groups excluding carboxylic acids is 3. The van der Waals surface area contributed by atoms with E-state index in [1.54, 1.807) is 0 Å². The van der Waals surface area contributed by atoms with Crippen molar-refractivity contribution in [2.75, 3.05) is 0 Å². The first-order chi connectivity index (χ1) is 11.9. The Balaban J connectivity index is 2.65. The van der Waals surface area contributed by atoms with Crippen molar-refractivity contribution in [2.24, 2.45) is 0 Å². The number of alkyl halides is 3. The minimum absolute atomic E-state index is 0.0761. The van der Waals surface area contributed by atoms with E-state index in [-0.39, 0.29) is 11.9 Å². The van der Waals surface area contributed by atoms with Crippen molar-refractivity contribution in [3.05, 3.63) is 75.7 Å². The zero-order valence-electron chi connectivity index (χ0n) is 12.6. The maximum atomic E-state index is 12.8. The van der Waals surface area contributed by atoms with Crippen molar-refractivity contribution >= 4 is 36.2 Å². The van der Waals surface area contributed by atoms with Gasteiger partial charge in [-0.15, -0.1) is 0 Å². The van der Waals surface area contributed by atoms with E-state index in [4.69, 9.17) is 0 Å². The van der Waals surface area contributed by atoms with E-state index < -0.39 is 22.2 Å². The van der Waals surface area contributed by atoms with Gasteiger partial charge in [-0.25, -0.2) is 0 Å². The minimum atomic E-state index is -4.63. The van der Waals surface area contributed by atoms with Crippen molar-refractivity contribution in [3.8, 4) is 0 Å². The molecular weight excluding hydrogens is 353 g/mol. The number of carbonyl (C=O) groups is 3. The molecule has 0 aromatic heterocycles. The number of hydrogen-bond acceptors (Lipinski definition) is 4. The van der Waals surface area contributed by atoms with Crippen LogP contribution in [0, 0.1) is 0 Å². The molecule has 3 nitrogen and oxygen atoms in total. The lowest BCUT2D eigenvalue weighted by Crippen LogP contribution is -2.04. The molecule has 0 aliphatic heterocycles. The molecule has 0 amide bonds. The van der Waals surface area contributed by atoms with Crippen molar-refractivity contribution in [1.82, 2.24) is 0 Å². The molecule has 0 saturated carbocycles. The van der Waals surface area contributed by atoms with Gasteiger partial charge in [0, 0.05) is 16.7 Å². The highest BCUT2D eigenvalue weighted by atomic mass is 32.2. The topological polar surface area (TPSA) is 51.2 Å². The van der Waals surface area contributed by atoms with Crippen molar-refractivity contribution < 1.29 is 27.6 Å². The van der Waals surface area contributed by atoms with Crippen molar-refractivity contribution in [3.63, 3.8) is 0 Å². The molecule has 0 unspecified atom stereocenters. The fourth-order valence-corrected chi connectivity index (χ4v) is 2.80. The zero-order valence-corrected chi connectivity index (χ0v) is 13.4. The lowest BCUT2D eigenvalue weighted by Gasteiger charge is -2.14. The summed E-state index contributed by atoms with van der Waals surface area (Å²) in [7, 11) is 0. The van der Waals surface area contributed by atoms with Gasteiger partial charge in [0.25, 0.3) is 0 Å². The molecule has 0 spiro atoms. The van der Waals surface area contributed by atoms with Gasteiger partial charge in [-0.1, -0.05) is 48.5 Å². The molecule has 128 valence electrons. The minimum Gasteiger partial charge on any atom is -0.298 e. The highest BCUT2D eigenvalue weighted by molar-refractivity contribution is 8.04. The van der Waals surface area contributed by atoms with Gasteiger partial charge < -0.3 is 0 Å². The monoisotopic (exact) mass is 364 g/mol. The van der Waals surface area contributed by atoms with E-state index in [0.29, 0.717) is 34.8 Å². The Bertz CT molecular complexity index is 753. The van der Waals surface area contributed by atoms with E-state index in [2.05, 4.69) is 0 Å². The summed E-state index contributed by atoms with van der Waals surface area (Å²) in [6.07, 6.45) is 1.36. The van der Waals surface area contributed by atoms with Crippen LogP contribution in [0.15, 0.2) is 53.4 Å². The Hall–Kier alpha value is -2.67. The zero-order chi connectivity index (χ0) is 18.4. The first-order valence-corrected chi connectivity index (χ1v) is 7.76. The lowest BCUT2D eigenvalue weighted by atomic mass is 9.96. The maximum Gasteiger partial charge on any atom is 0.446 e. The van der Waals surface area contributed by atoms with Crippen LogP contribution in [0.2, 0.25) is 0 Å². The summed E-state index contributed by atoms with van der Waals surface area (Å²) in [5.41, 5.74) is -3.14. The second kappa shape index (κ2) is 7.94. The van der Waals surface area contributed by atoms with Gasteiger partial charge in [-0.2, -0.15) is 13.2 Å². The average molecular weight is 364 g/mol. The first-order valence-electron chi connectivity index (χ1n) is 6.94. The van der Waals surface area contributed by atoms with E-state index >= 15 is 0 Å². The summed E-state index contributed by atoms with van der Waals surface area (Å²) in [4.78, 5) is 32.3. The second-order valence-electron chi connectivity index (χ2n) is 4.88. The second-order valence-corrected chi connectivity index (χ2v) is 5.99. The number of aldehydes is 3. The molecule has 2 aromatic carbocycles. The highest BCUT2D eigenvalue weighted by Gasteiger charge is 2.32. The number of rotatable bonds is 6. The summed E-state index contributed by atoms with van der Waals surface area (Å²) >= 11 is -0.508. The number of thioether (sulfide) groups is 1. The van der Waals surface area contributed by atoms with E-state index in [0.717, 1.165) is 0 Å². The van der Waals surface area contributed by atoms with Crippen LogP contribution in [0.3, 0.4) is 0 Å². The van der Waals surface area contributed by atoms with Gasteiger partial charge in [-0.3, -0.25) is 14.4 Å². The maximum absolute atomic E-state index is 12.8. The molecular formula is C18H11F3O3S. The number of benzene rings is 2. The smallest absolute Gasteiger partial charge is 0.298 e. The molecule has 0 atom stereocenters. The Kier molecular flexibility index (Phi) is 5.93. The normalized spacial score (nSPS) is 10.8. The van der Waals surface area contributed by atoms with Crippen LogP contribution in [0.25, 0.3) is 5.57 Å². The molecule has 25 heavy (non-hydrogen) atoms. The van der Waals surface area contributed by atoms with E-state index in [1.165, 1.54) is 48.5 Å². The predicted octanol–water partition coefficient (Wildman–Crippen LogP) is 4.52. The molecule has 0 N–H and O–H groups in total. The first kappa shape index (κ1) is 18.7. The fourth-order valence-electron chi connectivity index (χ4n) is 2.17. The fraction of sp³-hybridized carbons (Fsp3) is 0.0556. The summed E-state index contributed by atoms with van der Waals surface area (Å²) in [5.74, 6) is 0. The van der Waals surface area contributed by atoms with E-state index in [9.17, 15) is 27.6 Å². The molecule has 0 aliphatic carbocycles. The molecule has 0 heterocycles. The van der Waals surface area contributed by atoms with Crippen molar-refractivity contribution in [1.29, 1.82) is 0 Å². The predicted molar refractivity (Wildman–Crippen MR) is 89.4 cm³/mol. The molecule has 0 fully saturated rings. The van der Waals surface area contributed by atoms with Crippen LogP contribution in [0.5, 0.6) is 0 Å². The third-order valence-corrected chi connectivity index (χ3v) is 4.00. The van der Waals surface area contributed by atoms with E-state index in [1.807, 2.05) is 0 Å². The molecule has 0 aliphatic rings. The van der Waals surface area contributed by atoms with Gasteiger partial charge in [0.2, 0.25) is 0 Å². The van der Waals surface area contributed by atoms with Gasteiger partial charge in [0.15, 0.2) is 6.29 Å². The molecule has 2 aromatic rings. The van der Waals surface area contributed by atoms with Crippen molar-refractivity contribution in [2.45, 2.75) is 5.51 Å². The van der Waals surface area contributed by atoms with Gasteiger partial charge >= 0.3 is 5.51 Å². The summed E-state index contributed by atoms with van der Waals surface area (Å²) < 4.78 is 38.4. The Labute approximate surface area is 145 Å². The molecule has 0 radical (unpaired) electrons.